The van der Waals surface area contributed by atoms with Crippen LogP contribution in [0.25, 0.3) is 0 Å². The molecule has 0 aliphatic carbocycles. The first-order valence-electron chi connectivity index (χ1n) is 11.3. The number of phosphoric ester groups is 1. The van der Waals surface area contributed by atoms with Crippen molar-refractivity contribution in [2.24, 2.45) is 5.92 Å². The van der Waals surface area contributed by atoms with Crippen molar-refractivity contribution in [2.45, 2.75) is 110 Å². The van der Waals surface area contributed by atoms with E-state index in [1.165, 1.54) is 77.0 Å². The second-order valence-corrected chi connectivity index (χ2v) is 9.20. The van der Waals surface area contributed by atoms with Gasteiger partial charge < -0.3 is 19.6 Å². The van der Waals surface area contributed by atoms with E-state index in [1.807, 2.05) is 0 Å². The summed E-state index contributed by atoms with van der Waals surface area (Å²) in [7, 11) is -4.54. The molecule has 0 aromatic heterocycles. The zero-order chi connectivity index (χ0) is 21.1. The summed E-state index contributed by atoms with van der Waals surface area (Å²) in [5, 5.41) is 9.72. The van der Waals surface area contributed by atoms with Gasteiger partial charge in [0.25, 0.3) is 0 Å². The number of hydrogen-bond donors (Lipinski definition) is 3. The Labute approximate surface area is 172 Å². The van der Waals surface area contributed by atoms with Crippen molar-refractivity contribution in [1.82, 2.24) is 0 Å². The van der Waals surface area contributed by atoms with Crippen molar-refractivity contribution in [1.29, 1.82) is 0 Å². The predicted octanol–water partition coefficient (Wildman–Crippen LogP) is 5.59. The van der Waals surface area contributed by atoms with Gasteiger partial charge in [-0.05, 0) is 18.8 Å². The fourth-order valence-electron chi connectivity index (χ4n) is 3.34. The van der Waals surface area contributed by atoms with Crippen molar-refractivity contribution in [3.8, 4) is 0 Å². The summed E-state index contributed by atoms with van der Waals surface area (Å²) in [6, 6.07) is 0. The lowest BCUT2D eigenvalue weighted by molar-refractivity contribution is -0.00686. The van der Waals surface area contributed by atoms with Gasteiger partial charge in [-0.1, -0.05) is 90.9 Å². The largest absolute Gasteiger partial charge is 0.469 e. The fourth-order valence-corrected chi connectivity index (χ4v) is 3.71. The van der Waals surface area contributed by atoms with Crippen LogP contribution in [0.5, 0.6) is 0 Å². The van der Waals surface area contributed by atoms with Crippen molar-refractivity contribution in [2.75, 3.05) is 19.8 Å². The Kier molecular flexibility index (Phi) is 19.0. The van der Waals surface area contributed by atoms with Gasteiger partial charge in [-0.25, -0.2) is 4.57 Å². The molecule has 0 fully saturated rings. The average Bonchev–Trinajstić information content (AvgIpc) is 2.64. The standard InChI is InChI=1S/C21H45O6P/c1-3-5-7-9-10-12-14-16-20(15-13-11-8-6-4-2)17-26-18-21(22)19-27-28(23,24)25/h20-22H,3-19H2,1-2H3,(H2,23,24,25). The minimum atomic E-state index is -4.54. The van der Waals surface area contributed by atoms with E-state index in [0.29, 0.717) is 12.5 Å². The van der Waals surface area contributed by atoms with Gasteiger partial charge in [0, 0.05) is 6.61 Å². The molecule has 0 aliphatic rings. The van der Waals surface area contributed by atoms with E-state index in [1.54, 1.807) is 0 Å². The number of phosphoric acid groups is 1. The van der Waals surface area contributed by atoms with Crippen LogP contribution in [0.3, 0.4) is 0 Å². The van der Waals surface area contributed by atoms with Crippen molar-refractivity contribution >= 4 is 7.82 Å². The first kappa shape index (κ1) is 28.0. The molecule has 0 saturated heterocycles. The summed E-state index contributed by atoms with van der Waals surface area (Å²) in [5.41, 5.74) is 0. The molecule has 0 heterocycles. The second-order valence-electron chi connectivity index (χ2n) is 7.96. The van der Waals surface area contributed by atoms with Crippen molar-refractivity contribution in [3.05, 3.63) is 0 Å². The smallest absolute Gasteiger partial charge is 0.388 e. The Morgan fingerprint density at radius 2 is 1.18 bits per heavy atom. The zero-order valence-electron chi connectivity index (χ0n) is 18.2. The van der Waals surface area contributed by atoms with E-state index in [9.17, 15) is 9.67 Å². The normalized spacial score (nSPS) is 14.3. The quantitative estimate of drug-likeness (QED) is 0.164. The van der Waals surface area contributed by atoms with Gasteiger partial charge in [-0.2, -0.15) is 0 Å². The Bertz CT molecular complexity index is 374. The highest BCUT2D eigenvalue weighted by Crippen LogP contribution is 2.35. The molecule has 0 spiro atoms. The molecule has 0 aromatic carbocycles. The number of rotatable bonds is 21. The van der Waals surface area contributed by atoms with E-state index in [2.05, 4.69) is 18.4 Å². The van der Waals surface area contributed by atoms with Crippen LogP contribution in [0.15, 0.2) is 0 Å². The molecule has 0 bridgehead atoms. The third-order valence-corrected chi connectivity index (χ3v) is 5.52. The van der Waals surface area contributed by atoms with Crippen LogP contribution < -0.4 is 0 Å². The van der Waals surface area contributed by atoms with Crippen LogP contribution in [0.1, 0.15) is 104 Å². The predicted molar refractivity (Wildman–Crippen MR) is 114 cm³/mol. The molecule has 3 N–H and O–H groups in total. The molecule has 2 unspecified atom stereocenters. The summed E-state index contributed by atoms with van der Waals surface area (Å²) in [6.07, 6.45) is 16.7. The summed E-state index contributed by atoms with van der Waals surface area (Å²) in [5.74, 6) is 0.493. The zero-order valence-corrected chi connectivity index (χ0v) is 19.1. The van der Waals surface area contributed by atoms with Crippen molar-refractivity contribution < 1.29 is 28.7 Å². The average molecular weight is 425 g/mol. The molecule has 0 saturated carbocycles. The van der Waals surface area contributed by atoms with Crippen LogP contribution in [0, 0.1) is 5.92 Å². The van der Waals surface area contributed by atoms with Gasteiger partial charge in [0.2, 0.25) is 0 Å². The molecule has 6 nitrogen and oxygen atoms in total. The van der Waals surface area contributed by atoms with E-state index >= 15 is 0 Å². The van der Waals surface area contributed by atoms with Gasteiger partial charge in [0.15, 0.2) is 0 Å². The summed E-state index contributed by atoms with van der Waals surface area (Å²) < 4.78 is 20.6. The number of aliphatic hydroxyl groups excluding tert-OH is 1. The maximum Gasteiger partial charge on any atom is 0.469 e. The Morgan fingerprint density at radius 3 is 1.64 bits per heavy atom. The van der Waals surface area contributed by atoms with Crippen LogP contribution >= 0.6 is 7.82 Å². The third kappa shape index (κ3) is 20.8. The van der Waals surface area contributed by atoms with Gasteiger partial charge in [-0.3, -0.25) is 4.52 Å². The molecule has 0 amide bonds. The molecule has 7 heteroatoms. The molecule has 0 aromatic rings. The molecular formula is C21H45O6P. The molecule has 0 aliphatic heterocycles. The Hall–Kier alpha value is 0.0300. The summed E-state index contributed by atoms with van der Waals surface area (Å²) in [4.78, 5) is 17.3. The Balaban J connectivity index is 4.02. The second kappa shape index (κ2) is 19.0. The lowest BCUT2D eigenvalue weighted by atomic mass is 9.95. The van der Waals surface area contributed by atoms with Gasteiger partial charge in [0.05, 0.1) is 13.2 Å². The molecule has 170 valence electrons. The molecule has 2 atom stereocenters. The minimum absolute atomic E-state index is 0.0450. The highest BCUT2D eigenvalue weighted by molar-refractivity contribution is 7.46. The number of aliphatic hydroxyl groups is 1. The summed E-state index contributed by atoms with van der Waals surface area (Å²) >= 11 is 0. The maximum absolute atomic E-state index is 10.7. The van der Waals surface area contributed by atoms with Gasteiger partial charge >= 0.3 is 7.82 Å². The van der Waals surface area contributed by atoms with E-state index in [-0.39, 0.29) is 6.61 Å². The third-order valence-electron chi connectivity index (χ3n) is 5.03. The van der Waals surface area contributed by atoms with Crippen LogP contribution in [0.4, 0.5) is 0 Å². The topological polar surface area (TPSA) is 96.2 Å². The first-order chi connectivity index (χ1) is 13.4. The SMILES string of the molecule is CCCCCCCCCC(CCCCCCC)COCC(O)COP(=O)(O)O. The van der Waals surface area contributed by atoms with Crippen LogP contribution in [-0.2, 0) is 13.8 Å². The van der Waals surface area contributed by atoms with Crippen LogP contribution in [0.2, 0.25) is 0 Å². The highest BCUT2D eigenvalue weighted by atomic mass is 31.2. The number of ether oxygens (including phenoxy) is 1. The molecular weight excluding hydrogens is 379 g/mol. The highest BCUT2D eigenvalue weighted by Gasteiger charge is 2.17. The van der Waals surface area contributed by atoms with Crippen LogP contribution in [-0.4, -0.2) is 40.8 Å². The lowest BCUT2D eigenvalue weighted by Crippen LogP contribution is -2.23. The lowest BCUT2D eigenvalue weighted by Gasteiger charge is -2.19. The van der Waals surface area contributed by atoms with E-state index in [4.69, 9.17) is 14.5 Å². The van der Waals surface area contributed by atoms with Crippen molar-refractivity contribution in [3.63, 3.8) is 0 Å². The molecule has 0 radical (unpaired) electrons. The molecule has 0 rings (SSSR count). The fraction of sp³-hybridized carbons (Fsp3) is 1.00. The summed E-state index contributed by atoms with van der Waals surface area (Å²) in [6.45, 7) is 4.68. The number of hydrogen-bond acceptors (Lipinski definition) is 4. The van der Waals surface area contributed by atoms with E-state index < -0.39 is 20.5 Å². The first-order valence-corrected chi connectivity index (χ1v) is 12.9. The molecule has 28 heavy (non-hydrogen) atoms. The van der Waals surface area contributed by atoms with E-state index in [0.717, 1.165) is 12.8 Å². The minimum Gasteiger partial charge on any atom is -0.388 e. The van der Waals surface area contributed by atoms with Gasteiger partial charge in [-0.15, -0.1) is 0 Å². The van der Waals surface area contributed by atoms with Gasteiger partial charge in [0.1, 0.15) is 6.10 Å². The monoisotopic (exact) mass is 424 g/mol. The number of unbranched alkanes of at least 4 members (excludes halogenated alkanes) is 10. The maximum atomic E-state index is 10.7. The Morgan fingerprint density at radius 1 is 0.714 bits per heavy atom.